The number of nitrogens with one attached hydrogen (secondary N) is 1. The van der Waals surface area contributed by atoms with Gasteiger partial charge in [-0.3, -0.25) is 16.0 Å². The lowest BCUT2D eigenvalue weighted by Crippen LogP contribution is -2.38. The molecule has 0 radical (unpaired) electrons. The Morgan fingerprint density at radius 3 is 2.73 bits per heavy atom. The lowest BCUT2D eigenvalue weighted by molar-refractivity contribution is 0.460. The molecule has 1 aliphatic rings. The lowest BCUT2D eigenvalue weighted by atomic mass is 10.1. The summed E-state index contributed by atoms with van der Waals surface area (Å²) in [6.07, 6.45) is 3.39. The van der Waals surface area contributed by atoms with Crippen molar-refractivity contribution in [2.24, 2.45) is 18.8 Å². The standard InChI is InChI=1S/C10H17ClN4/c1-6-10(11)9(15(2)14-6)5-8(13-12)7-3-4-7/h7-8,13H,3-5,12H2,1-2H3. The first-order valence-electron chi connectivity index (χ1n) is 5.27. The predicted molar refractivity (Wildman–Crippen MR) is 60.5 cm³/mol. The van der Waals surface area contributed by atoms with Gasteiger partial charge in [0.2, 0.25) is 0 Å². The van der Waals surface area contributed by atoms with E-state index < -0.39 is 0 Å². The van der Waals surface area contributed by atoms with Crippen LogP contribution in [0.3, 0.4) is 0 Å². The SMILES string of the molecule is Cc1nn(C)c(CC(NN)C2CC2)c1Cl. The first-order chi connectivity index (χ1) is 7.13. The second-order valence-electron chi connectivity index (χ2n) is 4.28. The van der Waals surface area contributed by atoms with E-state index in [1.54, 1.807) is 0 Å². The van der Waals surface area contributed by atoms with Gasteiger partial charge in [-0.25, -0.2) is 0 Å². The maximum absolute atomic E-state index is 6.19. The largest absolute Gasteiger partial charge is 0.271 e. The molecule has 4 nitrogen and oxygen atoms in total. The van der Waals surface area contributed by atoms with E-state index in [0.717, 1.165) is 22.8 Å². The zero-order valence-electron chi connectivity index (χ0n) is 9.13. The van der Waals surface area contributed by atoms with Crippen molar-refractivity contribution in [3.05, 3.63) is 16.4 Å². The number of halogens is 1. The van der Waals surface area contributed by atoms with Crippen LogP contribution in [0.25, 0.3) is 0 Å². The molecule has 1 aliphatic carbocycles. The Morgan fingerprint density at radius 1 is 1.67 bits per heavy atom. The minimum absolute atomic E-state index is 0.331. The van der Waals surface area contributed by atoms with Crippen molar-refractivity contribution in [2.75, 3.05) is 0 Å². The molecule has 3 N–H and O–H groups in total. The van der Waals surface area contributed by atoms with Gasteiger partial charge < -0.3 is 0 Å². The zero-order chi connectivity index (χ0) is 11.0. The Hall–Kier alpha value is -0.580. The van der Waals surface area contributed by atoms with Gasteiger partial charge >= 0.3 is 0 Å². The number of hydrazine groups is 1. The minimum atomic E-state index is 0.331. The second kappa shape index (κ2) is 4.12. The summed E-state index contributed by atoms with van der Waals surface area (Å²) in [5, 5.41) is 5.07. The number of nitrogens with two attached hydrogens (primary N) is 1. The molecule has 1 heterocycles. The zero-order valence-corrected chi connectivity index (χ0v) is 9.88. The van der Waals surface area contributed by atoms with Crippen LogP contribution in [-0.2, 0) is 13.5 Å². The Bertz CT molecular complexity index is 357. The molecule has 0 aliphatic heterocycles. The van der Waals surface area contributed by atoms with Gasteiger partial charge in [0, 0.05) is 19.5 Å². The molecule has 15 heavy (non-hydrogen) atoms. The van der Waals surface area contributed by atoms with Gasteiger partial charge in [-0.2, -0.15) is 5.10 Å². The fourth-order valence-corrected chi connectivity index (χ4v) is 2.21. The highest BCUT2D eigenvalue weighted by atomic mass is 35.5. The average molecular weight is 229 g/mol. The monoisotopic (exact) mass is 228 g/mol. The molecule has 1 saturated carbocycles. The van der Waals surface area contributed by atoms with E-state index in [4.69, 9.17) is 17.4 Å². The number of aryl methyl sites for hydroxylation is 2. The summed E-state index contributed by atoms with van der Waals surface area (Å²) in [5.74, 6) is 6.26. The third-order valence-corrected chi connectivity index (χ3v) is 3.57. The van der Waals surface area contributed by atoms with Crippen LogP contribution in [0.2, 0.25) is 5.02 Å². The molecular weight excluding hydrogens is 212 g/mol. The van der Waals surface area contributed by atoms with Crippen LogP contribution in [-0.4, -0.2) is 15.8 Å². The molecule has 1 aromatic rings. The number of hydrogen-bond donors (Lipinski definition) is 2. The smallest absolute Gasteiger partial charge is 0.0847 e. The summed E-state index contributed by atoms with van der Waals surface area (Å²) < 4.78 is 1.85. The van der Waals surface area contributed by atoms with Crippen LogP contribution < -0.4 is 11.3 Å². The van der Waals surface area contributed by atoms with E-state index in [2.05, 4.69) is 10.5 Å². The quantitative estimate of drug-likeness (QED) is 0.601. The highest BCUT2D eigenvalue weighted by Crippen LogP contribution is 2.34. The molecule has 0 bridgehead atoms. The maximum atomic E-state index is 6.19. The molecule has 2 rings (SSSR count). The molecule has 0 spiro atoms. The van der Waals surface area contributed by atoms with Crippen LogP contribution in [0, 0.1) is 12.8 Å². The van der Waals surface area contributed by atoms with Crippen molar-refractivity contribution in [1.29, 1.82) is 0 Å². The average Bonchev–Trinajstić information content (AvgIpc) is 2.98. The van der Waals surface area contributed by atoms with Gasteiger partial charge in [0.05, 0.1) is 16.4 Å². The second-order valence-corrected chi connectivity index (χ2v) is 4.66. The Morgan fingerprint density at radius 2 is 2.33 bits per heavy atom. The van der Waals surface area contributed by atoms with E-state index in [9.17, 15) is 0 Å². The van der Waals surface area contributed by atoms with Crippen molar-refractivity contribution in [3.63, 3.8) is 0 Å². The minimum Gasteiger partial charge on any atom is -0.271 e. The Kier molecular flexibility index (Phi) is 3.00. The normalized spacial score (nSPS) is 18.1. The molecule has 1 aromatic heterocycles. The van der Waals surface area contributed by atoms with Gasteiger partial charge in [0.15, 0.2) is 0 Å². The predicted octanol–water partition coefficient (Wildman–Crippen LogP) is 1.17. The highest BCUT2D eigenvalue weighted by molar-refractivity contribution is 6.31. The highest BCUT2D eigenvalue weighted by Gasteiger charge is 2.31. The summed E-state index contributed by atoms with van der Waals surface area (Å²) >= 11 is 6.19. The van der Waals surface area contributed by atoms with Crippen LogP contribution in [0.4, 0.5) is 0 Å². The van der Waals surface area contributed by atoms with Gasteiger partial charge in [-0.1, -0.05) is 11.6 Å². The summed E-state index contributed by atoms with van der Waals surface area (Å²) in [6, 6.07) is 0.331. The third-order valence-electron chi connectivity index (χ3n) is 3.08. The first-order valence-corrected chi connectivity index (χ1v) is 5.65. The van der Waals surface area contributed by atoms with Crippen LogP contribution in [0.15, 0.2) is 0 Å². The lowest BCUT2D eigenvalue weighted by Gasteiger charge is -2.15. The summed E-state index contributed by atoms with van der Waals surface area (Å²) in [7, 11) is 1.93. The number of aromatic nitrogens is 2. The molecule has 1 atom stereocenters. The third kappa shape index (κ3) is 2.17. The molecule has 0 saturated heterocycles. The topological polar surface area (TPSA) is 55.9 Å². The van der Waals surface area contributed by atoms with Gasteiger partial charge in [-0.05, 0) is 25.7 Å². The molecule has 5 heteroatoms. The van der Waals surface area contributed by atoms with E-state index in [1.807, 2.05) is 18.7 Å². The van der Waals surface area contributed by atoms with Gasteiger partial charge in [0.25, 0.3) is 0 Å². The summed E-state index contributed by atoms with van der Waals surface area (Å²) in [6.45, 7) is 1.92. The molecule has 0 amide bonds. The Balaban J connectivity index is 2.14. The van der Waals surface area contributed by atoms with E-state index >= 15 is 0 Å². The summed E-state index contributed by atoms with van der Waals surface area (Å²) in [5.41, 5.74) is 4.84. The summed E-state index contributed by atoms with van der Waals surface area (Å²) in [4.78, 5) is 0. The van der Waals surface area contributed by atoms with Crippen LogP contribution >= 0.6 is 11.6 Å². The molecule has 84 valence electrons. The van der Waals surface area contributed by atoms with E-state index in [1.165, 1.54) is 12.8 Å². The number of rotatable bonds is 4. The van der Waals surface area contributed by atoms with E-state index in [0.29, 0.717) is 12.0 Å². The fraction of sp³-hybridized carbons (Fsp3) is 0.700. The van der Waals surface area contributed by atoms with Gasteiger partial charge in [-0.15, -0.1) is 0 Å². The van der Waals surface area contributed by atoms with Crippen molar-refractivity contribution in [1.82, 2.24) is 15.2 Å². The van der Waals surface area contributed by atoms with Crippen molar-refractivity contribution >= 4 is 11.6 Å². The fourth-order valence-electron chi connectivity index (χ4n) is 1.97. The Labute approximate surface area is 94.8 Å². The molecule has 1 unspecified atom stereocenters. The maximum Gasteiger partial charge on any atom is 0.0847 e. The molecule has 0 aromatic carbocycles. The van der Waals surface area contributed by atoms with Crippen LogP contribution in [0.5, 0.6) is 0 Å². The number of hydrogen-bond acceptors (Lipinski definition) is 3. The molecular formula is C10H17ClN4. The van der Waals surface area contributed by atoms with Crippen molar-refractivity contribution in [2.45, 2.75) is 32.2 Å². The van der Waals surface area contributed by atoms with E-state index in [-0.39, 0.29) is 0 Å². The van der Waals surface area contributed by atoms with Crippen molar-refractivity contribution < 1.29 is 0 Å². The first kappa shape index (κ1) is 10.9. The number of nitrogens with zero attached hydrogens (tertiary/aromatic N) is 2. The van der Waals surface area contributed by atoms with Crippen molar-refractivity contribution in [3.8, 4) is 0 Å². The van der Waals surface area contributed by atoms with Crippen LogP contribution in [0.1, 0.15) is 24.2 Å². The molecule has 1 fully saturated rings. The van der Waals surface area contributed by atoms with Gasteiger partial charge in [0.1, 0.15) is 0 Å².